The second-order valence-electron chi connectivity index (χ2n) is 8.14. The van der Waals surface area contributed by atoms with Crippen molar-refractivity contribution in [2.75, 3.05) is 13.1 Å². The van der Waals surface area contributed by atoms with Gasteiger partial charge in [0.05, 0.1) is 11.3 Å². The number of aryl methyl sites for hydroxylation is 1. The van der Waals surface area contributed by atoms with E-state index in [1.807, 2.05) is 24.6 Å². The van der Waals surface area contributed by atoms with E-state index in [4.69, 9.17) is 4.52 Å². The third-order valence-electron chi connectivity index (χ3n) is 6.07. The van der Waals surface area contributed by atoms with E-state index < -0.39 is 11.7 Å². The molecule has 3 heterocycles. The zero-order valence-corrected chi connectivity index (χ0v) is 17.3. The van der Waals surface area contributed by atoms with E-state index >= 15 is 0 Å². The summed E-state index contributed by atoms with van der Waals surface area (Å²) in [6, 6.07) is 7.46. The molecule has 1 saturated heterocycles. The van der Waals surface area contributed by atoms with Gasteiger partial charge in [-0.15, -0.1) is 10.2 Å². The predicted molar refractivity (Wildman–Crippen MR) is 105 cm³/mol. The molecule has 1 aliphatic heterocycles. The molecule has 2 fully saturated rings. The second kappa shape index (κ2) is 6.84. The average Bonchev–Trinajstić information content (AvgIpc) is 2.99. The van der Waals surface area contributed by atoms with Crippen molar-refractivity contribution < 1.29 is 17.7 Å². The minimum absolute atomic E-state index is 0.149. The van der Waals surface area contributed by atoms with E-state index in [0.29, 0.717) is 17.5 Å². The van der Waals surface area contributed by atoms with Gasteiger partial charge in [-0.3, -0.25) is 0 Å². The highest BCUT2D eigenvalue weighted by atomic mass is 32.2. The molecule has 2 atom stereocenters. The van der Waals surface area contributed by atoms with E-state index in [1.165, 1.54) is 12.1 Å². The summed E-state index contributed by atoms with van der Waals surface area (Å²) in [7, 11) is 1.89. The third kappa shape index (κ3) is 3.41. The van der Waals surface area contributed by atoms with Crippen LogP contribution < -0.4 is 0 Å². The minimum atomic E-state index is -4.29. The molecule has 0 amide bonds. The Hall–Kier alpha value is -2.33. The molecular weight excluding hydrogens is 415 g/mol. The van der Waals surface area contributed by atoms with Crippen molar-refractivity contribution >= 4 is 11.9 Å². The molecule has 6 nitrogen and oxygen atoms in total. The molecule has 0 bridgehead atoms. The van der Waals surface area contributed by atoms with Gasteiger partial charge in [0.1, 0.15) is 0 Å². The summed E-state index contributed by atoms with van der Waals surface area (Å²) in [5.41, 5.74) is 1.34. The summed E-state index contributed by atoms with van der Waals surface area (Å²) in [6.45, 7) is 3.64. The smallest absolute Gasteiger partial charge is 0.353 e. The van der Waals surface area contributed by atoms with Gasteiger partial charge < -0.3 is 9.09 Å². The molecule has 2 aromatic heterocycles. The fourth-order valence-electron chi connectivity index (χ4n) is 4.30. The number of aromatic nitrogens is 4. The number of rotatable bonds is 4. The van der Waals surface area contributed by atoms with Crippen LogP contribution in [0.4, 0.5) is 13.2 Å². The summed E-state index contributed by atoms with van der Waals surface area (Å²) >= 11 is 1.56. The van der Waals surface area contributed by atoms with E-state index in [9.17, 15) is 13.2 Å². The van der Waals surface area contributed by atoms with Crippen LogP contribution >= 0.6 is 11.9 Å². The third-order valence-corrected chi connectivity index (χ3v) is 7.16. The Morgan fingerprint density at radius 2 is 1.97 bits per heavy atom. The van der Waals surface area contributed by atoms with Crippen LogP contribution in [0.1, 0.15) is 35.6 Å². The zero-order valence-electron chi connectivity index (χ0n) is 16.5. The Labute approximate surface area is 175 Å². The van der Waals surface area contributed by atoms with Gasteiger partial charge in [-0.2, -0.15) is 13.2 Å². The fraction of sp³-hybridized carbons (Fsp3) is 0.450. The first-order valence-electron chi connectivity index (χ1n) is 9.68. The highest BCUT2D eigenvalue weighted by Crippen LogP contribution is 2.65. The summed E-state index contributed by atoms with van der Waals surface area (Å²) < 4.78 is 47.8. The summed E-state index contributed by atoms with van der Waals surface area (Å²) in [5.74, 6) is 1.52. The van der Waals surface area contributed by atoms with Gasteiger partial charge in [-0.1, -0.05) is 17.3 Å². The fourth-order valence-corrected chi connectivity index (χ4v) is 5.32. The minimum Gasteiger partial charge on any atom is -0.353 e. The van der Waals surface area contributed by atoms with E-state index in [0.717, 1.165) is 42.3 Å². The SMILES string of the molecule is Cc1cc(-c2nnc(SN3CC[C@]4(C[C@@H]4c4ccc(C(F)(F)F)cc4)C3)n2C)on1. The maximum absolute atomic E-state index is 12.8. The second-order valence-corrected chi connectivity index (χ2v) is 9.21. The van der Waals surface area contributed by atoms with E-state index in [2.05, 4.69) is 19.7 Å². The highest BCUT2D eigenvalue weighted by Gasteiger charge is 2.58. The number of hydrogen-bond donors (Lipinski definition) is 0. The monoisotopic (exact) mass is 435 g/mol. The molecule has 10 heteroatoms. The van der Waals surface area contributed by atoms with E-state index in [1.54, 1.807) is 24.1 Å². The molecular formula is C20H20F3N5OS. The Kier molecular flexibility index (Phi) is 4.48. The van der Waals surface area contributed by atoms with Crippen LogP contribution in [0, 0.1) is 12.3 Å². The molecule has 30 heavy (non-hydrogen) atoms. The van der Waals surface area contributed by atoms with Gasteiger partial charge in [0.25, 0.3) is 0 Å². The quantitative estimate of drug-likeness (QED) is 0.555. The standard InChI is InChI=1S/C20H20F3N5OS/c1-12-9-16(29-26-12)17-24-25-18(27(17)2)30-28-8-7-19(11-28)10-15(19)13-3-5-14(6-4-13)20(21,22)23/h3-6,9,15H,7-8,10-11H2,1-2H3/t15-,19+/m1/s1. The van der Waals surface area contributed by atoms with Crippen molar-refractivity contribution in [3.63, 3.8) is 0 Å². The van der Waals surface area contributed by atoms with E-state index in [-0.39, 0.29) is 5.41 Å². The summed E-state index contributed by atoms with van der Waals surface area (Å²) in [5, 5.41) is 13.2. The van der Waals surface area contributed by atoms with Gasteiger partial charge >= 0.3 is 6.18 Å². The van der Waals surface area contributed by atoms with Gasteiger partial charge in [0.15, 0.2) is 0 Å². The first-order valence-corrected chi connectivity index (χ1v) is 10.5. The zero-order chi connectivity index (χ0) is 21.1. The van der Waals surface area contributed by atoms with Crippen molar-refractivity contribution in [2.45, 2.75) is 37.0 Å². The molecule has 1 aromatic carbocycles. The topological polar surface area (TPSA) is 60.0 Å². The lowest BCUT2D eigenvalue weighted by molar-refractivity contribution is -0.137. The lowest BCUT2D eigenvalue weighted by Gasteiger charge is -2.14. The van der Waals surface area contributed by atoms with Crippen LogP contribution in [0.2, 0.25) is 0 Å². The molecule has 1 spiro atoms. The molecule has 2 aliphatic rings. The van der Waals surface area contributed by atoms with Crippen LogP contribution in [0.15, 0.2) is 40.0 Å². The molecule has 0 unspecified atom stereocenters. The molecule has 158 valence electrons. The number of nitrogens with zero attached hydrogens (tertiary/aromatic N) is 5. The molecule has 1 saturated carbocycles. The van der Waals surface area contributed by atoms with Gasteiger partial charge in [-0.05, 0) is 60.7 Å². The maximum Gasteiger partial charge on any atom is 0.416 e. The summed E-state index contributed by atoms with van der Waals surface area (Å²) in [6.07, 6.45) is -2.26. The lowest BCUT2D eigenvalue weighted by atomic mass is 9.97. The molecule has 3 aromatic rings. The number of alkyl halides is 3. The summed E-state index contributed by atoms with van der Waals surface area (Å²) in [4.78, 5) is 0. The van der Waals surface area contributed by atoms with Gasteiger partial charge in [0, 0.05) is 26.2 Å². The average molecular weight is 435 g/mol. The molecule has 1 aliphatic carbocycles. The normalized spacial score (nSPS) is 24.1. The van der Waals surface area contributed by atoms with Crippen LogP contribution in [0.25, 0.3) is 11.6 Å². The Balaban J connectivity index is 1.25. The van der Waals surface area contributed by atoms with Crippen LogP contribution in [0.5, 0.6) is 0 Å². The first-order chi connectivity index (χ1) is 14.2. The van der Waals surface area contributed by atoms with Gasteiger partial charge in [-0.25, -0.2) is 4.31 Å². The van der Waals surface area contributed by atoms with Crippen molar-refractivity contribution in [3.05, 3.63) is 47.2 Å². The van der Waals surface area contributed by atoms with Crippen LogP contribution in [-0.2, 0) is 13.2 Å². The predicted octanol–water partition coefficient (Wildman–Crippen LogP) is 4.68. The van der Waals surface area contributed by atoms with Crippen molar-refractivity contribution in [3.8, 4) is 11.6 Å². The Morgan fingerprint density at radius 1 is 1.20 bits per heavy atom. The van der Waals surface area contributed by atoms with Crippen LogP contribution in [-0.4, -0.2) is 37.3 Å². The molecule has 5 rings (SSSR count). The van der Waals surface area contributed by atoms with Crippen molar-refractivity contribution in [2.24, 2.45) is 12.5 Å². The highest BCUT2D eigenvalue weighted by molar-refractivity contribution is 7.96. The Morgan fingerprint density at radius 3 is 2.63 bits per heavy atom. The number of benzene rings is 1. The molecule has 0 radical (unpaired) electrons. The maximum atomic E-state index is 12.8. The number of hydrogen-bond acceptors (Lipinski definition) is 6. The van der Waals surface area contributed by atoms with Gasteiger partial charge in [0.2, 0.25) is 16.7 Å². The lowest BCUT2D eigenvalue weighted by Crippen LogP contribution is -2.14. The first kappa shape index (κ1) is 19.6. The number of halogens is 3. The Bertz CT molecular complexity index is 1080. The largest absolute Gasteiger partial charge is 0.416 e. The molecule has 0 N–H and O–H groups in total. The van der Waals surface area contributed by atoms with Crippen molar-refractivity contribution in [1.82, 2.24) is 24.2 Å². The van der Waals surface area contributed by atoms with Crippen LogP contribution in [0.3, 0.4) is 0 Å². The van der Waals surface area contributed by atoms with Crippen molar-refractivity contribution in [1.29, 1.82) is 0 Å².